The summed E-state index contributed by atoms with van der Waals surface area (Å²) in [6.45, 7) is 3.75. The molecule has 2 atom stereocenters. The van der Waals surface area contributed by atoms with E-state index in [9.17, 15) is 0 Å². The van der Waals surface area contributed by atoms with E-state index >= 15 is 0 Å². The Morgan fingerprint density at radius 1 is 1.73 bits per heavy atom. The van der Waals surface area contributed by atoms with Crippen LogP contribution in [0.25, 0.3) is 0 Å². The maximum atomic E-state index is 8.55. The van der Waals surface area contributed by atoms with Gasteiger partial charge in [0.2, 0.25) is 0 Å². The quantitative estimate of drug-likeness (QED) is 0.305. The Kier molecular flexibility index (Phi) is 4.84. The van der Waals surface area contributed by atoms with Gasteiger partial charge in [0.05, 0.1) is 6.61 Å². The Bertz CT molecular complexity index is 215. The standard InChI is InChI=1S/C10H21N3O2/c1-3-8(6-10(11)12-14)13(2)9-4-5-15-7-9/h8-9,14H,3-7H2,1-2H3,(H2,11,12). The summed E-state index contributed by atoms with van der Waals surface area (Å²) in [5, 5.41) is 11.6. The van der Waals surface area contributed by atoms with Crippen molar-refractivity contribution < 1.29 is 9.94 Å². The zero-order valence-electron chi connectivity index (χ0n) is 9.52. The highest BCUT2D eigenvalue weighted by molar-refractivity contribution is 5.80. The highest BCUT2D eigenvalue weighted by Gasteiger charge is 2.25. The number of rotatable bonds is 5. The fourth-order valence-electron chi connectivity index (χ4n) is 2.00. The van der Waals surface area contributed by atoms with Crippen molar-refractivity contribution in [2.75, 3.05) is 20.3 Å². The molecule has 0 amide bonds. The van der Waals surface area contributed by atoms with Crippen molar-refractivity contribution in [3.63, 3.8) is 0 Å². The first kappa shape index (κ1) is 12.3. The van der Waals surface area contributed by atoms with Crippen molar-refractivity contribution in [1.82, 2.24) is 4.90 Å². The summed E-state index contributed by atoms with van der Waals surface area (Å²) in [4.78, 5) is 2.28. The predicted molar refractivity (Wildman–Crippen MR) is 59.1 cm³/mol. The fraction of sp³-hybridized carbons (Fsp3) is 0.900. The molecule has 88 valence electrons. The van der Waals surface area contributed by atoms with Gasteiger partial charge in [-0.05, 0) is 19.9 Å². The molecule has 0 bridgehead atoms. The SMILES string of the molecule is CCC(CC(N)=NO)N(C)C1CCOC1. The Labute approximate surface area is 90.9 Å². The lowest BCUT2D eigenvalue weighted by Gasteiger charge is -2.31. The summed E-state index contributed by atoms with van der Waals surface area (Å²) < 4.78 is 5.35. The van der Waals surface area contributed by atoms with Gasteiger partial charge in [0.25, 0.3) is 0 Å². The van der Waals surface area contributed by atoms with Gasteiger partial charge in [-0.3, -0.25) is 4.90 Å². The monoisotopic (exact) mass is 215 g/mol. The first-order valence-electron chi connectivity index (χ1n) is 5.45. The lowest BCUT2D eigenvalue weighted by atomic mass is 10.1. The van der Waals surface area contributed by atoms with Crippen molar-refractivity contribution in [1.29, 1.82) is 0 Å². The van der Waals surface area contributed by atoms with Crippen molar-refractivity contribution in [3.8, 4) is 0 Å². The summed E-state index contributed by atoms with van der Waals surface area (Å²) in [5.41, 5.74) is 5.53. The molecule has 1 aliphatic heterocycles. The number of oxime groups is 1. The summed E-state index contributed by atoms with van der Waals surface area (Å²) >= 11 is 0. The molecule has 3 N–H and O–H groups in total. The molecule has 1 aliphatic rings. The molecule has 1 rings (SSSR count). The molecule has 1 saturated heterocycles. The van der Waals surface area contributed by atoms with Crippen LogP contribution in [0.5, 0.6) is 0 Å². The van der Waals surface area contributed by atoms with Crippen LogP contribution in [0.3, 0.4) is 0 Å². The first-order valence-corrected chi connectivity index (χ1v) is 5.45. The van der Waals surface area contributed by atoms with E-state index in [1.165, 1.54) is 0 Å². The summed E-state index contributed by atoms with van der Waals surface area (Å²) in [7, 11) is 2.08. The number of nitrogens with two attached hydrogens (primary N) is 1. The van der Waals surface area contributed by atoms with E-state index in [0.29, 0.717) is 24.3 Å². The van der Waals surface area contributed by atoms with Crippen LogP contribution in [-0.4, -0.2) is 48.3 Å². The van der Waals surface area contributed by atoms with Gasteiger partial charge in [-0.2, -0.15) is 0 Å². The van der Waals surface area contributed by atoms with Crippen molar-refractivity contribution in [3.05, 3.63) is 0 Å². The van der Waals surface area contributed by atoms with E-state index in [0.717, 1.165) is 26.1 Å². The summed E-state index contributed by atoms with van der Waals surface area (Å²) in [6.07, 6.45) is 2.67. The number of likely N-dealkylation sites (N-methyl/N-ethyl adjacent to an activating group) is 1. The summed E-state index contributed by atoms with van der Waals surface area (Å²) in [5.74, 6) is 0.299. The molecule has 1 heterocycles. The number of hydrogen-bond donors (Lipinski definition) is 2. The van der Waals surface area contributed by atoms with Crippen molar-refractivity contribution in [2.45, 2.75) is 38.3 Å². The second-order valence-electron chi connectivity index (χ2n) is 4.04. The minimum atomic E-state index is 0.299. The molecular formula is C10H21N3O2. The fourth-order valence-corrected chi connectivity index (χ4v) is 2.00. The molecule has 0 spiro atoms. The van der Waals surface area contributed by atoms with Crippen LogP contribution < -0.4 is 5.73 Å². The lowest BCUT2D eigenvalue weighted by molar-refractivity contribution is 0.131. The molecule has 15 heavy (non-hydrogen) atoms. The van der Waals surface area contributed by atoms with Crippen LogP contribution in [0.4, 0.5) is 0 Å². The van der Waals surface area contributed by atoms with E-state index in [2.05, 4.69) is 24.0 Å². The van der Waals surface area contributed by atoms with Gasteiger partial charge in [-0.1, -0.05) is 12.1 Å². The molecule has 2 unspecified atom stereocenters. The van der Waals surface area contributed by atoms with E-state index in [1.807, 2.05) is 0 Å². The van der Waals surface area contributed by atoms with Gasteiger partial charge in [0, 0.05) is 25.1 Å². The lowest BCUT2D eigenvalue weighted by Crippen LogP contribution is -2.42. The molecule has 0 aliphatic carbocycles. The number of amidine groups is 1. The van der Waals surface area contributed by atoms with Gasteiger partial charge < -0.3 is 15.7 Å². The van der Waals surface area contributed by atoms with E-state index in [1.54, 1.807) is 0 Å². The van der Waals surface area contributed by atoms with Crippen LogP contribution in [-0.2, 0) is 4.74 Å². The molecule has 1 fully saturated rings. The summed E-state index contributed by atoms with van der Waals surface area (Å²) in [6, 6.07) is 0.800. The highest BCUT2D eigenvalue weighted by atomic mass is 16.5. The molecular weight excluding hydrogens is 194 g/mol. The second-order valence-corrected chi connectivity index (χ2v) is 4.04. The normalized spacial score (nSPS) is 24.7. The Hall–Kier alpha value is -0.810. The minimum absolute atomic E-state index is 0.299. The molecule has 0 aromatic carbocycles. The molecule has 5 heteroatoms. The minimum Gasteiger partial charge on any atom is -0.409 e. The molecule has 0 saturated carbocycles. The molecule has 0 aromatic heterocycles. The van der Waals surface area contributed by atoms with Crippen molar-refractivity contribution in [2.24, 2.45) is 10.9 Å². The Balaban J connectivity index is 2.48. The largest absolute Gasteiger partial charge is 0.409 e. The Morgan fingerprint density at radius 2 is 2.47 bits per heavy atom. The second kappa shape index (κ2) is 5.92. The number of hydrogen-bond acceptors (Lipinski definition) is 4. The smallest absolute Gasteiger partial charge is 0.140 e. The van der Waals surface area contributed by atoms with Gasteiger partial charge in [-0.25, -0.2) is 0 Å². The van der Waals surface area contributed by atoms with Crippen LogP contribution in [0.1, 0.15) is 26.2 Å². The first-order chi connectivity index (χ1) is 7.19. The van der Waals surface area contributed by atoms with Crippen LogP contribution in [0.2, 0.25) is 0 Å². The third-order valence-corrected chi connectivity index (χ3v) is 3.10. The topological polar surface area (TPSA) is 71.1 Å². The predicted octanol–water partition coefficient (Wildman–Crippen LogP) is 0.622. The maximum Gasteiger partial charge on any atom is 0.140 e. The van der Waals surface area contributed by atoms with E-state index < -0.39 is 0 Å². The Morgan fingerprint density at radius 3 is 2.93 bits per heavy atom. The van der Waals surface area contributed by atoms with Crippen LogP contribution in [0, 0.1) is 0 Å². The zero-order valence-corrected chi connectivity index (χ0v) is 9.52. The van der Waals surface area contributed by atoms with E-state index in [4.69, 9.17) is 15.7 Å². The average Bonchev–Trinajstić information content (AvgIpc) is 2.77. The van der Waals surface area contributed by atoms with Gasteiger partial charge in [0.1, 0.15) is 5.84 Å². The molecule has 0 radical (unpaired) electrons. The van der Waals surface area contributed by atoms with Gasteiger partial charge >= 0.3 is 0 Å². The van der Waals surface area contributed by atoms with Crippen molar-refractivity contribution >= 4 is 5.84 Å². The maximum absolute atomic E-state index is 8.55. The van der Waals surface area contributed by atoms with Crippen LogP contribution >= 0.6 is 0 Å². The van der Waals surface area contributed by atoms with Gasteiger partial charge in [0.15, 0.2) is 0 Å². The van der Waals surface area contributed by atoms with Crippen LogP contribution in [0.15, 0.2) is 5.16 Å². The zero-order chi connectivity index (χ0) is 11.3. The average molecular weight is 215 g/mol. The van der Waals surface area contributed by atoms with E-state index in [-0.39, 0.29) is 0 Å². The number of ether oxygens (including phenoxy) is 1. The molecule has 5 nitrogen and oxygen atoms in total. The third kappa shape index (κ3) is 3.35. The third-order valence-electron chi connectivity index (χ3n) is 3.10. The van der Waals surface area contributed by atoms with Gasteiger partial charge in [-0.15, -0.1) is 0 Å². The molecule has 0 aromatic rings. The number of nitrogens with zero attached hydrogens (tertiary/aromatic N) is 2. The highest BCUT2D eigenvalue weighted by Crippen LogP contribution is 2.17.